The minimum atomic E-state index is -0.0260. The topological polar surface area (TPSA) is 46.9 Å². The molecule has 0 bridgehead atoms. The van der Waals surface area contributed by atoms with Gasteiger partial charge in [-0.1, -0.05) is 0 Å². The predicted molar refractivity (Wildman–Crippen MR) is 75.0 cm³/mol. The first-order valence-electron chi connectivity index (χ1n) is 5.77. The molecule has 0 amide bonds. The fraction of sp³-hybridized carbons (Fsp3) is 0.333. The number of rotatable bonds is 2. The largest absolute Gasteiger partial charge is 0.312 e. The molecule has 4 nitrogen and oxygen atoms in total. The molecule has 6 heteroatoms. The molecule has 0 spiro atoms. The van der Waals surface area contributed by atoms with Crippen molar-refractivity contribution in [3.8, 4) is 0 Å². The second kappa shape index (κ2) is 4.95. The van der Waals surface area contributed by atoms with E-state index in [9.17, 15) is 4.79 Å². The number of aromatic nitrogens is 2. The van der Waals surface area contributed by atoms with E-state index in [0.717, 1.165) is 39.4 Å². The van der Waals surface area contributed by atoms with Crippen LogP contribution in [0.3, 0.4) is 0 Å². The maximum Gasteiger partial charge on any atom is 0.267 e. The molecule has 3 rings (SSSR count). The molecule has 2 aromatic heterocycles. The lowest BCUT2D eigenvalue weighted by molar-refractivity contribution is 0.565. The zero-order valence-corrected chi connectivity index (χ0v) is 12.1. The predicted octanol–water partition coefficient (Wildman–Crippen LogP) is 1.76. The molecular weight excluding hydrogens is 314 g/mol. The first kappa shape index (κ1) is 12.1. The van der Waals surface area contributed by atoms with Crippen LogP contribution in [-0.2, 0) is 19.5 Å². The molecule has 2 aromatic rings. The van der Waals surface area contributed by atoms with E-state index in [1.165, 1.54) is 0 Å². The van der Waals surface area contributed by atoms with E-state index in [-0.39, 0.29) is 5.56 Å². The Bertz CT molecular complexity index is 634. The van der Waals surface area contributed by atoms with Gasteiger partial charge in [-0.25, -0.2) is 4.68 Å². The zero-order chi connectivity index (χ0) is 12.5. The standard InChI is InChI=1S/C12H12BrN3OS/c13-11-2-1-9(18-11)7-16-12(17)5-8-6-14-4-3-10(8)15-16/h1-2,5,14H,3-4,6-7H2. The van der Waals surface area contributed by atoms with Gasteiger partial charge in [-0.3, -0.25) is 4.79 Å². The van der Waals surface area contributed by atoms with Crippen molar-refractivity contribution in [1.82, 2.24) is 15.1 Å². The first-order chi connectivity index (χ1) is 8.72. The molecule has 0 radical (unpaired) electrons. The average molecular weight is 326 g/mol. The molecule has 0 unspecified atom stereocenters. The fourth-order valence-electron chi connectivity index (χ4n) is 2.06. The Morgan fingerprint density at radius 3 is 3.17 bits per heavy atom. The summed E-state index contributed by atoms with van der Waals surface area (Å²) < 4.78 is 2.63. The van der Waals surface area contributed by atoms with Crippen molar-refractivity contribution < 1.29 is 0 Å². The van der Waals surface area contributed by atoms with Gasteiger partial charge in [-0.2, -0.15) is 5.10 Å². The minimum Gasteiger partial charge on any atom is -0.312 e. The highest BCUT2D eigenvalue weighted by Crippen LogP contribution is 2.22. The van der Waals surface area contributed by atoms with Crippen LogP contribution < -0.4 is 10.9 Å². The van der Waals surface area contributed by atoms with Crippen molar-refractivity contribution in [3.63, 3.8) is 0 Å². The van der Waals surface area contributed by atoms with Gasteiger partial charge in [-0.15, -0.1) is 11.3 Å². The Kier molecular flexibility index (Phi) is 3.32. The molecule has 0 atom stereocenters. The monoisotopic (exact) mass is 325 g/mol. The summed E-state index contributed by atoms with van der Waals surface area (Å²) in [5.74, 6) is 0. The smallest absolute Gasteiger partial charge is 0.267 e. The SMILES string of the molecule is O=c1cc2c(nn1Cc1ccc(Br)s1)CCNC2. The summed E-state index contributed by atoms with van der Waals surface area (Å²) in [6, 6.07) is 5.72. The average Bonchev–Trinajstić information content (AvgIpc) is 2.76. The van der Waals surface area contributed by atoms with Crippen molar-refractivity contribution in [3.05, 3.63) is 48.5 Å². The highest BCUT2D eigenvalue weighted by atomic mass is 79.9. The molecule has 0 saturated carbocycles. The van der Waals surface area contributed by atoms with Crippen LogP contribution in [0.1, 0.15) is 16.1 Å². The maximum absolute atomic E-state index is 12.0. The van der Waals surface area contributed by atoms with Crippen LogP contribution in [-0.4, -0.2) is 16.3 Å². The summed E-state index contributed by atoms with van der Waals surface area (Å²) in [7, 11) is 0. The Labute approximate surface area is 117 Å². The third-order valence-electron chi connectivity index (χ3n) is 2.95. The van der Waals surface area contributed by atoms with Crippen molar-refractivity contribution in [1.29, 1.82) is 0 Å². The lowest BCUT2D eigenvalue weighted by Crippen LogP contribution is -2.31. The molecule has 18 heavy (non-hydrogen) atoms. The number of hydrogen-bond acceptors (Lipinski definition) is 4. The Balaban J connectivity index is 1.94. The summed E-state index contributed by atoms with van der Waals surface area (Å²) in [6.07, 6.45) is 0.893. The van der Waals surface area contributed by atoms with Gasteiger partial charge >= 0.3 is 0 Å². The van der Waals surface area contributed by atoms with Crippen LogP contribution in [0.15, 0.2) is 26.8 Å². The number of thiophene rings is 1. The maximum atomic E-state index is 12.0. The van der Waals surface area contributed by atoms with Crippen molar-refractivity contribution in [2.45, 2.75) is 19.5 Å². The van der Waals surface area contributed by atoms with E-state index < -0.39 is 0 Å². The summed E-state index contributed by atoms with van der Waals surface area (Å²) in [5.41, 5.74) is 2.06. The van der Waals surface area contributed by atoms with Gasteiger partial charge in [0.25, 0.3) is 5.56 Å². The van der Waals surface area contributed by atoms with Crippen LogP contribution in [0.4, 0.5) is 0 Å². The Morgan fingerprint density at radius 2 is 2.39 bits per heavy atom. The fourth-order valence-corrected chi connectivity index (χ4v) is 3.52. The van der Waals surface area contributed by atoms with E-state index >= 15 is 0 Å². The minimum absolute atomic E-state index is 0.0260. The molecule has 0 fully saturated rings. The van der Waals surface area contributed by atoms with Crippen molar-refractivity contribution in [2.24, 2.45) is 0 Å². The highest BCUT2D eigenvalue weighted by Gasteiger charge is 2.13. The third kappa shape index (κ3) is 2.41. The number of nitrogens with zero attached hydrogens (tertiary/aromatic N) is 2. The molecule has 0 aromatic carbocycles. The molecule has 1 aliphatic rings. The number of nitrogens with one attached hydrogen (secondary N) is 1. The van der Waals surface area contributed by atoms with Gasteiger partial charge in [0.1, 0.15) is 0 Å². The zero-order valence-electron chi connectivity index (χ0n) is 9.65. The van der Waals surface area contributed by atoms with Gasteiger partial charge in [0.2, 0.25) is 0 Å². The second-order valence-corrected chi connectivity index (χ2v) is 6.79. The lowest BCUT2D eigenvalue weighted by Gasteiger charge is -2.16. The summed E-state index contributed by atoms with van der Waals surface area (Å²) in [4.78, 5) is 13.1. The van der Waals surface area contributed by atoms with Gasteiger partial charge in [0.15, 0.2) is 0 Å². The van der Waals surface area contributed by atoms with Crippen LogP contribution >= 0.6 is 27.3 Å². The van der Waals surface area contributed by atoms with Crippen LogP contribution in [0.2, 0.25) is 0 Å². The molecule has 1 aliphatic heterocycles. The Morgan fingerprint density at radius 1 is 1.50 bits per heavy atom. The van der Waals surface area contributed by atoms with E-state index in [0.29, 0.717) is 6.54 Å². The van der Waals surface area contributed by atoms with Gasteiger partial charge in [-0.05, 0) is 33.6 Å². The van der Waals surface area contributed by atoms with Gasteiger partial charge in [0.05, 0.1) is 16.0 Å². The molecular formula is C12H12BrN3OS. The molecule has 0 aliphatic carbocycles. The van der Waals surface area contributed by atoms with E-state index in [1.54, 1.807) is 22.1 Å². The normalized spacial score (nSPS) is 14.5. The van der Waals surface area contributed by atoms with Gasteiger partial charge < -0.3 is 5.32 Å². The van der Waals surface area contributed by atoms with Crippen LogP contribution in [0.5, 0.6) is 0 Å². The van der Waals surface area contributed by atoms with E-state index in [1.807, 2.05) is 12.1 Å². The Hall–Kier alpha value is -0.980. The summed E-state index contributed by atoms with van der Waals surface area (Å²) in [5, 5.41) is 7.72. The third-order valence-corrected chi connectivity index (χ3v) is 4.56. The molecule has 3 heterocycles. The molecule has 0 saturated heterocycles. The van der Waals surface area contributed by atoms with E-state index in [2.05, 4.69) is 26.3 Å². The summed E-state index contributed by atoms with van der Waals surface area (Å²) >= 11 is 5.06. The second-order valence-electron chi connectivity index (χ2n) is 4.24. The van der Waals surface area contributed by atoms with Crippen LogP contribution in [0.25, 0.3) is 0 Å². The number of fused-ring (bicyclic) bond motifs is 1. The van der Waals surface area contributed by atoms with Crippen molar-refractivity contribution in [2.75, 3.05) is 6.54 Å². The first-order valence-corrected chi connectivity index (χ1v) is 7.38. The van der Waals surface area contributed by atoms with E-state index in [4.69, 9.17) is 0 Å². The lowest BCUT2D eigenvalue weighted by atomic mass is 10.1. The molecule has 94 valence electrons. The molecule has 1 N–H and O–H groups in total. The quantitative estimate of drug-likeness (QED) is 0.915. The number of hydrogen-bond donors (Lipinski definition) is 1. The summed E-state index contributed by atoms with van der Waals surface area (Å²) in [6.45, 7) is 2.24. The van der Waals surface area contributed by atoms with Gasteiger partial charge in [0, 0.05) is 30.5 Å². The van der Waals surface area contributed by atoms with Crippen molar-refractivity contribution >= 4 is 27.3 Å². The number of halogens is 1. The highest BCUT2D eigenvalue weighted by molar-refractivity contribution is 9.11. The van der Waals surface area contributed by atoms with Crippen LogP contribution in [0, 0.1) is 0 Å².